The quantitative estimate of drug-likeness (QED) is 0.856. The molecule has 0 spiro atoms. The summed E-state index contributed by atoms with van der Waals surface area (Å²) in [5, 5.41) is 8.79. The lowest BCUT2D eigenvalue weighted by Gasteiger charge is -2.07. The first-order valence-corrected chi connectivity index (χ1v) is 5.22. The van der Waals surface area contributed by atoms with E-state index in [0.717, 1.165) is 12.1 Å². The predicted octanol–water partition coefficient (Wildman–Crippen LogP) is 2.52. The lowest BCUT2D eigenvalue weighted by Crippen LogP contribution is -2.01. The monoisotopic (exact) mass is 261 g/mol. The zero-order valence-corrected chi connectivity index (χ0v) is 9.54. The summed E-state index contributed by atoms with van der Waals surface area (Å²) in [5.41, 5.74) is -0.301. The van der Waals surface area contributed by atoms with E-state index in [0.29, 0.717) is 6.29 Å². The second kappa shape index (κ2) is 5.26. The molecule has 0 radical (unpaired) electrons. The Bertz CT molecular complexity index is 642. The molecule has 1 N–H and O–H groups in total. The van der Waals surface area contributed by atoms with E-state index in [-0.39, 0.29) is 17.2 Å². The van der Waals surface area contributed by atoms with Gasteiger partial charge in [0.25, 0.3) is 0 Å². The first-order valence-electron chi connectivity index (χ1n) is 5.22. The number of pyridine rings is 1. The molecule has 0 aliphatic heterocycles. The Morgan fingerprint density at radius 1 is 1.37 bits per heavy atom. The fraction of sp³-hybridized carbons (Fsp3) is 0. The van der Waals surface area contributed by atoms with Gasteiger partial charge in [0.15, 0.2) is 6.29 Å². The van der Waals surface area contributed by atoms with Crippen molar-refractivity contribution in [3.8, 4) is 11.6 Å². The molecule has 0 saturated heterocycles. The highest BCUT2D eigenvalue weighted by molar-refractivity contribution is 5.88. The lowest BCUT2D eigenvalue weighted by atomic mass is 10.2. The van der Waals surface area contributed by atoms with Crippen LogP contribution in [0, 0.1) is 5.82 Å². The third-order valence-electron chi connectivity index (χ3n) is 2.31. The maximum atomic E-state index is 13.2. The van der Waals surface area contributed by atoms with Crippen molar-refractivity contribution in [3.63, 3.8) is 0 Å². The summed E-state index contributed by atoms with van der Waals surface area (Å²) < 4.78 is 18.5. The molecule has 1 aromatic heterocycles. The van der Waals surface area contributed by atoms with Gasteiger partial charge in [-0.05, 0) is 30.3 Å². The lowest BCUT2D eigenvalue weighted by molar-refractivity contribution is 0.0691. The average Bonchev–Trinajstić information content (AvgIpc) is 2.41. The number of rotatable bonds is 4. The van der Waals surface area contributed by atoms with Crippen molar-refractivity contribution >= 4 is 12.3 Å². The van der Waals surface area contributed by atoms with Gasteiger partial charge >= 0.3 is 5.97 Å². The normalized spacial score (nSPS) is 9.95. The summed E-state index contributed by atoms with van der Waals surface area (Å²) >= 11 is 0. The second-order valence-corrected chi connectivity index (χ2v) is 3.56. The molecule has 0 bridgehead atoms. The van der Waals surface area contributed by atoms with E-state index in [4.69, 9.17) is 9.84 Å². The molecular weight excluding hydrogens is 253 g/mol. The molecule has 2 aromatic rings. The Morgan fingerprint density at radius 3 is 2.84 bits per heavy atom. The van der Waals surface area contributed by atoms with Crippen LogP contribution in [0.5, 0.6) is 11.6 Å². The van der Waals surface area contributed by atoms with Gasteiger partial charge < -0.3 is 9.84 Å². The molecule has 5 nitrogen and oxygen atoms in total. The minimum Gasteiger partial charge on any atom is -0.478 e. The largest absolute Gasteiger partial charge is 0.478 e. The highest BCUT2D eigenvalue weighted by Gasteiger charge is 2.13. The highest BCUT2D eigenvalue weighted by atomic mass is 19.1. The van der Waals surface area contributed by atoms with E-state index in [1.165, 1.54) is 18.3 Å². The van der Waals surface area contributed by atoms with E-state index in [2.05, 4.69) is 4.98 Å². The van der Waals surface area contributed by atoms with Crippen molar-refractivity contribution in [2.24, 2.45) is 0 Å². The first kappa shape index (κ1) is 12.7. The summed E-state index contributed by atoms with van der Waals surface area (Å²) in [4.78, 5) is 25.4. The van der Waals surface area contributed by atoms with Crippen molar-refractivity contribution in [1.82, 2.24) is 4.98 Å². The van der Waals surface area contributed by atoms with Crippen LogP contribution in [0.2, 0.25) is 0 Å². The van der Waals surface area contributed by atoms with Crippen LogP contribution in [-0.4, -0.2) is 22.3 Å². The fourth-order valence-corrected chi connectivity index (χ4v) is 1.42. The number of hydrogen-bond donors (Lipinski definition) is 1. The van der Waals surface area contributed by atoms with Gasteiger partial charge in [0, 0.05) is 6.20 Å². The van der Waals surface area contributed by atoms with Crippen molar-refractivity contribution in [2.75, 3.05) is 0 Å². The second-order valence-electron chi connectivity index (χ2n) is 3.56. The van der Waals surface area contributed by atoms with Gasteiger partial charge in [-0.25, -0.2) is 14.2 Å². The summed E-state index contributed by atoms with van der Waals surface area (Å²) in [6.45, 7) is 0. The van der Waals surface area contributed by atoms with Gasteiger partial charge in [-0.1, -0.05) is 0 Å². The van der Waals surface area contributed by atoms with Crippen LogP contribution in [0.15, 0.2) is 36.5 Å². The van der Waals surface area contributed by atoms with E-state index in [1.807, 2.05) is 0 Å². The number of aldehydes is 1. The molecule has 0 aliphatic rings. The number of carboxylic acid groups (broad SMARTS) is 1. The Kier molecular flexibility index (Phi) is 3.51. The molecular formula is C13H8FNO4. The van der Waals surface area contributed by atoms with Crippen LogP contribution < -0.4 is 4.74 Å². The summed E-state index contributed by atoms with van der Waals surface area (Å²) in [7, 11) is 0. The van der Waals surface area contributed by atoms with Crippen LogP contribution in [-0.2, 0) is 0 Å². The molecule has 0 aliphatic carbocycles. The van der Waals surface area contributed by atoms with Gasteiger partial charge in [-0.3, -0.25) is 4.79 Å². The molecule has 1 aromatic carbocycles. The predicted molar refractivity (Wildman–Crippen MR) is 63.1 cm³/mol. The highest BCUT2D eigenvalue weighted by Crippen LogP contribution is 2.24. The number of carbonyl (C=O) groups excluding carboxylic acids is 1. The van der Waals surface area contributed by atoms with Crippen molar-refractivity contribution in [2.45, 2.75) is 0 Å². The molecule has 0 fully saturated rings. The number of halogens is 1. The van der Waals surface area contributed by atoms with Crippen LogP contribution in [0.25, 0.3) is 0 Å². The zero-order chi connectivity index (χ0) is 13.8. The molecule has 1 heterocycles. The van der Waals surface area contributed by atoms with E-state index in [9.17, 15) is 14.0 Å². The number of nitrogens with zero attached hydrogens (tertiary/aromatic N) is 1. The van der Waals surface area contributed by atoms with E-state index >= 15 is 0 Å². The number of ether oxygens (including phenoxy) is 1. The van der Waals surface area contributed by atoms with Gasteiger partial charge in [0.1, 0.15) is 11.6 Å². The van der Waals surface area contributed by atoms with Gasteiger partial charge in [-0.2, -0.15) is 0 Å². The van der Waals surface area contributed by atoms with Crippen molar-refractivity contribution in [3.05, 3.63) is 53.5 Å². The molecule has 19 heavy (non-hydrogen) atoms. The summed E-state index contributed by atoms with van der Waals surface area (Å²) in [5.74, 6) is -2.16. The SMILES string of the molecule is O=Cc1cccnc1Oc1ccc(F)c(C(=O)O)c1. The van der Waals surface area contributed by atoms with Crippen molar-refractivity contribution in [1.29, 1.82) is 0 Å². The number of hydrogen-bond acceptors (Lipinski definition) is 4. The zero-order valence-electron chi connectivity index (χ0n) is 9.54. The smallest absolute Gasteiger partial charge is 0.338 e. The minimum absolute atomic E-state index is 0.0282. The maximum absolute atomic E-state index is 13.2. The Morgan fingerprint density at radius 2 is 2.16 bits per heavy atom. The molecule has 6 heteroatoms. The molecule has 0 saturated carbocycles. The third kappa shape index (κ3) is 2.74. The molecule has 0 atom stereocenters. The van der Waals surface area contributed by atoms with Gasteiger partial charge in [0.05, 0.1) is 11.1 Å². The fourth-order valence-electron chi connectivity index (χ4n) is 1.42. The van der Waals surface area contributed by atoms with Gasteiger partial charge in [0.2, 0.25) is 5.88 Å². The van der Waals surface area contributed by atoms with Crippen LogP contribution in [0.4, 0.5) is 4.39 Å². The van der Waals surface area contributed by atoms with Crippen LogP contribution in [0.3, 0.4) is 0 Å². The summed E-state index contributed by atoms with van der Waals surface area (Å²) in [6.07, 6.45) is 1.98. The number of aromatic carboxylic acids is 1. The first-order chi connectivity index (χ1) is 9.11. The average molecular weight is 261 g/mol. The molecule has 96 valence electrons. The standard InChI is InChI=1S/C13H8FNO4/c14-11-4-3-9(6-10(11)13(17)18)19-12-8(7-16)2-1-5-15-12/h1-7H,(H,17,18). The van der Waals surface area contributed by atoms with Crippen LogP contribution >= 0.6 is 0 Å². The van der Waals surface area contributed by atoms with Gasteiger partial charge in [-0.15, -0.1) is 0 Å². The minimum atomic E-state index is -1.40. The third-order valence-corrected chi connectivity index (χ3v) is 2.31. The summed E-state index contributed by atoms with van der Waals surface area (Å²) in [6, 6.07) is 6.31. The van der Waals surface area contributed by atoms with Crippen LogP contribution in [0.1, 0.15) is 20.7 Å². The van der Waals surface area contributed by atoms with Crippen molar-refractivity contribution < 1.29 is 23.8 Å². The number of carboxylic acids is 1. The van der Waals surface area contributed by atoms with E-state index in [1.54, 1.807) is 6.07 Å². The Hall–Kier alpha value is -2.76. The Labute approximate surface area is 107 Å². The maximum Gasteiger partial charge on any atom is 0.338 e. The Balaban J connectivity index is 2.36. The molecule has 0 unspecified atom stereocenters. The van der Waals surface area contributed by atoms with E-state index < -0.39 is 17.3 Å². The molecule has 0 amide bonds. The number of benzene rings is 1. The number of carbonyl (C=O) groups is 2. The number of aromatic nitrogens is 1. The molecule has 2 rings (SSSR count). The topological polar surface area (TPSA) is 76.5 Å².